The third kappa shape index (κ3) is 4.58. The molecule has 10 nitrogen and oxygen atoms in total. The number of rotatable bonds is 6. The maximum Gasteiger partial charge on any atom is 0.311 e. The normalized spacial score (nSPS) is 14.8. The zero-order valence-corrected chi connectivity index (χ0v) is 16.3. The number of nitro benzene ring substituents is 1. The van der Waals surface area contributed by atoms with Gasteiger partial charge < -0.3 is 15.2 Å². The second-order valence-electron chi connectivity index (χ2n) is 6.05. The van der Waals surface area contributed by atoms with Crippen LogP contribution in [0.1, 0.15) is 5.56 Å². The Balaban J connectivity index is 1.71. The van der Waals surface area contributed by atoms with Gasteiger partial charge >= 0.3 is 5.69 Å². The number of nitro groups is 1. The molecule has 2 aromatic rings. The van der Waals surface area contributed by atoms with E-state index in [-0.39, 0.29) is 10.5 Å². The van der Waals surface area contributed by atoms with E-state index in [9.17, 15) is 29.6 Å². The van der Waals surface area contributed by atoms with E-state index < -0.39 is 40.0 Å². The van der Waals surface area contributed by atoms with Crippen LogP contribution < -0.4 is 10.1 Å². The molecule has 1 heterocycles. The largest absolute Gasteiger partial charge is 0.502 e. The van der Waals surface area contributed by atoms with Crippen LogP contribution in [0.2, 0.25) is 0 Å². The number of thioether (sulfide) groups is 1. The van der Waals surface area contributed by atoms with Crippen molar-refractivity contribution < 1.29 is 29.2 Å². The highest BCUT2D eigenvalue weighted by Gasteiger charge is 2.36. The summed E-state index contributed by atoms with van der Waals surface area (Å²) in [6, 6.07) is 10.1. The van der Waals surface area contributed by atoms with Crippen molar-refractivity contribution in [3.8, 4) is 11.5 Å². The number of hydrogen-bond donors (Lipinski definition) is 2. The number of carbonyl (C=O) groups is 3. The fourth-order valence-electron chi connectivity index (χ4n) is 2.58. The first-order valence-corrected chi connectivity index (χ1v) is 9.27. The lowest BCUT2D eigenvalue weighted by Crippen LogP contribution is -2.36. The number of phenolic OH excluding ortho intramolecular Hbond substituents is 1. The predicted molar refractivity (Wildman–Crippen MR) is 109 cm³/mol. The minimum atomic E-state index is -0.762. The minimum absolute atomic E-state index is 0.0113. The number of nitrogens with one attached hydrogen (secondary N) is 1. The second-order valence-corrected chi connectivity index (χ2v) is 7.04. The van der Waals surface area contributed by atoms with Crippen LogP contribution >= 0.6 is 11.8 Å². The predicted octanol–water partition coefficient (Wildman–Crippen LogP) is 2.98. The van der Waals surface area contributed by atoms with Gasteiger partial charge in [-0.1, -0.05) is 6.07 Å². The number of anilines is 1. The summed E-state index contributed by atoms with van der Waals surface area (Å²) in [5.74, 6) is -1.16. The van der Waals surface area contributed by atoms with Crippen molar-refractivity contribution in [2.24, 2.45) is 0 Å². The van der Waals surface area contributed by atoms with E-state index in [1.54, 1.807) is 24.3 Å². The molecule has 11 heteroatoms. The van der Waals surface area contributed by atoms with Crippen LogP contribution in [0.25, 0.3) is 6.08 Å². The first kappa shape index (κ1) is 20.9. The number of methoxy groups -OCH3 is 1. The van der Waals surface area contributed by atoms with E-state index in [1.165, 1.54) is 19.3 Å². The Bertz CT molecular complexity index is 1070. The molecule has 2 N–H and O–H groups in total. The van der Waals surface area contributed by atoms with Crippen LogP contribution in [0.5, 0.6) is 11.5 Å². The lowest BCUT2D eigenvalue weighted by atomic mass is 10.1. The molecule has 0 aromatic heterocycles. The Morgan fingerprint density at radius 2 is 1.97 bits per heavy atom. The summed E-state index contributed by atoms with van der Waals surface area (Å²) in [6.07, 6.45) is 1.29. The molecule has 3 rings (SSSR count). The number of ether oxygens (including phenoxy) is 1. The van der Waals surface area contributed by atoms with Crippen molar-refractivity contribution in [1.29, 1.82) is 0 Å². The standard InChI is InChI=1S/C19H15N3O7S/c1-29-13-5-3-12(4-6-13)20-17(24)10-21-18(25)16(30-19(21)26)9-11-2-7-15(23)14(8-11)22(27)28/h2-9,23H,10H2,1H3,(H,20,24)/b16-9-. The van der Waals surface area contributed by atoms with E-state index in [0.717, 1.165) is 17.0 Å². The summed E-state index contributed by atoms with van der Waals surface area (Å²) in [4.78, 5) is 47.9. The summed E-state index contributed by atoms with van der Waals surface area (Å²) in [7, 11) is 1.51. The van der Waals surface area contributed by atoms with Crippen LogP contribution in [-0.2, 0) is 9.59 Å². The van der Waals surface area contributed by atoms with Crippen LogP contribution in [0.3, 0.4) is 0 Å². The maximum atomic E-state index is 12.5. The van der Waals surface area contributed by atoms with Gasteiger partial charge in [-0.15, -0.1) is 0 Å². The molecule has 0 saturated carbocycles. The van der Waals surface area contributed by atoms with Crippen molar-refractivity contribution in [1.82, 2.24) is 4.90 Å². The van der Waals surface area contributed by atoms with E-state index in [0.29, 0.717) is 23.2 Å². The Labute approximate surface area is 174 Å². The van der Waals surface area contributed by atoms with Crippen molar-refractivity contribution in [2.75, 3.05) is 19.0 Å². The number of imide groups is 1. The molecule has 3 amide bonds. The first-order chi connectivity index (χ1) is 14.3. The SMILES string of the molecule is COc1ccc(NC(=O)CN2C(=O)S/C(=C\c3ccc(O)c([N+](=O)[O-])c3)C2=O)cc1. The molecular formula is C19H15N3O7S. The van der Waals surface area contributed by atoms with Gasteiger partial charge in [-0.05, 0) is 53.7 Å². The fourth-order valence-corrected chi connectivity index (χ4v) is 3.42. The zero-order chi connectivity index (χ0) is 21.8. The van der Waals surface area contributed by atoms with E-state index >= 15 is 0 Å². The zero-order valence-electron chi connectivity index (χ0n) is 15.5. The average molecular weight is 429 g/mol. The molecule has 2 aromatic carbocycles. The Morgan fingerprint density at radius 1 is 1.27 bits per heavy atom. The summed E-state index contributed by atoms with van der Waals surface area (Å²) in [5, 5.41) is 22.4. The molecule has 30 heavy (non-hydrogen) atoms. The molecule has 0 radical (unpaired) electrons. The number of amides is 3. The highest BCUT2D eigenvalue weighted by Crippen LogP contribution is 2.34. The van der Waals surface area contributed by atoms with Crippen molar-refractivity contribution in [2.45, 2.75) is 0 Å². The van der Waals surface area contributed by atoms with Crippen molar-refractivity contribution in [3.63, 3.8) is 0 Å². The van der Waals surface area contributed by atoms with Gasteiger partial charge in [0.05, 0.1) is 16.9 Å². The number of phenols is 1. The molecule has 0 aliphatic carbocycles. The molecule has 1 aliphatic rings. The third-order valence-corrected chi connectivity index (χ3v) is 4.95. The lowest BCUT2D eigenvalue weighted by molar-refractivity contribution is -0.385. The lowest BCUT2D eigenvalue weighted by Gasteiger charge is -2.12. The summed E-state index contributed by atoms with van der Waals surface area (Å²) >= 11 is 0.618. The smallest absolute Gasteiger partial charge is 0.311 e. The van der Waals surface area contributed by atoms with Crippen LogP contribution in [0.4, 0.5) is 16.2 Å². The highest BCUT2D eigenvalue weighted by atomic mass is 32.2. The van der Waals surface area contributed by atoms with Gasteiger partial charge in [-0.2, -0.15) is 0 Å². The maximum absolute atomic E-state index is 12.5. The number of hydrogen-bond acceptors (Lipinski definition) is 8. The fraction of sp³-hybridized carbons (Fsp3) is 0.105. The van der Waals surface area contributed by atoms with Gasteiger partial charge in [0.15, 0.2) is 5.75 Å². The molecule has 1 aliphatic heterocycles. The van der Waals surface area contributed by atoms with Gasteiger partial charge in [-0.3, -0.25) is 29.4 Å². The topological polar surface area (TPSA) is 139 Å². The number of carbonyl (C=O) groups excluding carboxylic acids is 3. The van der Waals surface area contributed by atoms with Crippen LogP contribution in [0.15, 0.2) is 47.4 Å². The summed E-state index contributed by atoms with van der Waals surface area (Å²) in [5.41, 5.74) is 0.203. The van der Waals surface area contributed by atoms with Gasteiger partial charge in [-0.25, -0.2) is 0 Å². The van der Waals surface area contributed by atoms with E-state index in [4.69, 9.17) is 4.74 Å². The van der Waals surface area contributed by atoms with E-state index in [1.807, 2.05) is 0 Å². The second kappa shape index (κ2) is 8.66. The van der Waals surface area contributed by atoms with Crippen molar-refractivity contribution in [3.05, 3.63) is 63.0 Å². The Kier molecular flexibility index (Phi) is 6.02. The molecule has 0 spiro atoms. The molecule has 154 valence electrons. The minimum Gasteiger partial charge on any atom is -0.502 e. The van der Waals surface area contributed by atoms with E-state index in [2.05, 4.69) is 5.32 Å². The molecule has 0 bridgehead atoms. The molecule has 0 unspecified atom stereocenters. The van der Waals surface area contributed by atoms with Gasteiger partial charge in [0.1, 0.15) is 12.3 Å². The monoisotopic (exact) mass is 429 g/mol. The quantitative estimate of drug-likeness (QED) is 0.406. The Morgan fingerprint density at radius 3 is 2.60 bits per heavy atom. The average Bonchev–Trinajstić information content (AvgIpc) is 2.97. The molecule has 1 fully saturated rings. The first-order valence-electron chi connectivity index (χ1n) is 8.45. The van der Waals surface area contributed by atoms with Crippen LogP contribution in [-0.4, -0.2) is 45.6 Å². The highest BCUT2D eigenvalue weighted by molar-refractivity contribution is 8.18. The number of aromatic hydroxyl groups is 1. The molecular weight excluding hydrogens is 414 g/mol. The van der Waals surface area contributed by atoms with Gasteiger partial charge in [0.2, 0.25) is 5.91 Å². The van der Waals surface area contributed by atoms with Crippen molar-refractivity contribution >= 4 is 46.3 Å². The Hall–Kier alpha value is -3.86. The number of benzene rings is 2. The van der Waals surface area contributed by atoms with Crippen LogP contribution in [0, 0.1) is 10.1 Å². The summed E-state index contributed by atoms with van der Waals surface area (Å²) < 4.78 is 5.03. The summed E-state index contributed by atoms with van der Waals surface area (Å²) in [6.45, 7) is -0.482. The molecule has 0 atom stereocenters. The van der Waals surface area contributed by atoms with Gasteiger partial charge in [0, 0.05) is 11.8 Å². The third-order valence-electron chi connectivity index (χ3n) is 4.04. The van der Waals surface area contributed by atoms with Gasteiger partial charge in [0.25, 0.3) is 11.1 Å². The number of nitrogens with zero attached hydrogens (tertiary/aromatic N) is 2. The molecule has 1 saturated heterocycles.